The van der Waals surface area contributed by atoms with Gasteiger partial charge in [-0.25, -0.2) is 4.98 Å². The van der Waals surface area contributed by atoms with Gasteiger partial charge >= 0.3 is 12.4 Å². The summed E-state index contributed by atoms with van der Waals surface area (Å²) in [5, 5.41) is 14.5. The predicted molar refractivity (Wildman–Crippen MR) is 152 cm³/mol. The van der Waals surface area contributed by atoms with Gasteiger partial charge in [0.2, 0.25) is 5.89 Å². The van der Waals surface area contributed by atoms with Gasteiger partial charge in [-0.1, -0.05) is 11.2 Å². The van der Waals surface area contributed by atoms with Crippen molar-refractivity contribution in [1.82, 2.24) is 24.9 Å². The highest BCUT2D eigenvalue weighted by Gasteiger charge is 2.31. The van der Waals surface area contributed by atoms with Crippen molar-refractivity contribution in [2.24, 2.45) is 0 Å². The second-order valence-electron chi connectivity index (χ2n) is 10.9. The zero-order valence-corrected chi connectivity index (χ0v) is 24.1. The Morgan fingerprint density at radius 2 is 1.50 bits per heavy atom. The number of alkyl halides is 6. The molecule has 2 aromatic heterocycles. The molecular weight excluding hydrogens is 620 g/mol. The fraction of sp³-hybridized carbons (Fsp3) is 0.323. The summed E-state index contributed by atoms with van der Waals surface area (Å²) in [6.07, 6.45) is -9.70. The number of oxazole rings is 1. The number of aliphatic hydroxyl groups excluding tert-OH is 1. The minimum Gasteiger partial charge on any atom is -0.491 e. The Kier molecular flexibility index (Phi) is 8.72. The van der Waals surface area contributed by atoms with Crippen LogP contribution in [-0.2, 0) is 18.9 Å². The van der Waals surface area contributed by atoms with Gasteiger partial charge < -0.3 is 18.8 Å². The first-order valence-corrected chi connectivity index (χ1v) is 14.2. The van der Waals surface area contributed by atoms with Crippen molar-refractivity contribution in [2.75, 3.05) is 39.3 Å². The first-order chi connectivity index (χ1) is 21.9. The maximum atomic E-state index is 13.1. The highest BCUT2D eigenvalue weighted by atomic mass is 19.4. The molecule has 15 heteroatoms. The van der Waals surface area contributed by atoms with E-state index in [9.17, 15) is 31.4 Å². The van der Waals surface area contributed by atoms with Crippen LogP contribution in [0.15, 0.2) is 75.7 Å². The Bertz CT molecular complexity index is 1780. The van der Waals surface area contributed by atoms with E-state index < -0.39 is 29.6 Å². The number of aromatic nitrogens is 3. The normalized spacial score (nSPS) is 15.8. The van der Waals surface area contributed by atoms with E-state index in [-0.39, 0.29) is 24.0 Å². The van der Waals surface area contributed by atoms with E-state index >= 15 is 0 Å². The van der Waals surface area contributed by atoms with E-state index in [4.69, 9.17) is 13.7 Å². The molecule has 46 heavy (non-hydrogen) atoms. The van der Waals surface area contributed by atoms with Gasteiger partial charge in [0.05, 0.1) is 17.7 Å². The third-order valence-electron chi connectivity index (χ3n) is 7.46. The van der Waals surface area contributed by atoms with Crippen molar-refractivity contribution in [1.29, 1.82) is 0 Å². The maximum absolute atomic E-state index is 13.1. The zero-order chi connectivity index (χ0) is 32.5. The Hall–Kier alpha value is -4.47. The van der Waals surface area contributed by atoms with E-state index in [1.165, 1.54) is 24.3 Å². The Balaban J connectivity index is 0.962. The van der Waals surface area contributed by atoms with Crippen LogP contribution < -0.4 is 4.74 Å². The lowest BCUT2D eigenvalue weighted by Gasteiger charge is -2.34. The summed E-state index contributed by atoms with van der Waals surface area (Å²) in [6, 6.07) is 14.1. The van der Waals surface area contributed by atoms with Gasteiger partial charge in [0.25, 0.3) is 5.89 Å². The number of halogens is 6. The summed E-state index contributed by atoms with van der Waals surface area (Å²) in [4.78, 5) is 12.8. The minimum atomic E-state index is -4.49. The lowest BCUT2D eigenvalue weighted by Crippen LogP contribution is -2.48. The minimum absolute atomic E-state index is 0.0135. The van der Waals surface area contributed by atoms with Gasteiger partial charge in [-0.15, -0.1) is 0 Å². The molecule has 0 aliphatic carbocycles. The topological polar surface area (TPSA) is 101 Å². The number of rotatable bonds is 9. The summed E-state index contributed by atoms with van der Waals surface area (Å²) in [5.74, 6) is 1.04. The van der Waals surface area contributed by atoms with Gasteiger partial charge in [0.15, 0.2) is 11.4 Å². The molecule has 0 spiro atoms. The smallest absolute Gasteiger partial charge is 0.416 e. The van der Waals surface area contributed by atoms with Gasteiger partial charge in [-0.2, -0.15) is 31.3 Å². The molecule has 1 aliphatic heterocycles. The molecule has 3 aromatic carbocycles. The Morgan fingerprint density at radius 1 is 0.783 bits per heavy atom. The molecule has 0 saturated carbocycles. The van der Waals surface area contributed by atoms with Gasteiger partial charge in [-0.3, -0.25) is 9.80 Å². The second-order valence-corrected chi connectivity index (χ2v) is 10.9. The van der Waals surface area contributed by atoms with Crippen molar-refractivity contribution >= 4 is 11.1 Å². The lowest BCUT2D eigenvalue weighted by molar-refractivity contribution is -0.138. The van der Waals surface area contributed by atoms with E-state index in [1.54, 1.807) is 18.2 Å². The van der Waals surface area contributed by atoms with Crippen molar-refractivity contribution in [3.63, 3.8) is 0 Å². The second kappa shape index (κ2) is 12.7. The van der Waals surface area contributed by atoms with Crippen LogP contribution in [0, 0.1) is 0 Å². The molecule has 0 radical (unpaired) electrons. The molecule has 6 rings (SSSR count). The number of fused-ring (bicyclic) bond motifs is 1. The molecule has 9 nitrogen and oxygen atoms in total. The molecule has 242 valence electrons. The summed E-state index contributed by atoms with van der Waals surface area (Å²) in [7, 11) is 0. The molecule has 1 aliphatic rings. The molecule has 0 unspecified atom stereocenters. The third kappa shape index (κ3) is 7.49. The van der Waals surface area contributed by atoms with E-state index in [2.05, 4.69) is 24.9 Å². The standard InChI is InChI=1S/C31H27F6N5O4/c32-30(33,34)21-6-4-19(5-7-21)29-39-27(40-46-29)17-42-12-10-41(11-13-42)16-23(43)18-44-24-8-9-26-25(15-24)38-28(45-26)20-2-1-3-22(14-20)31(35,36)37/h1-9,14-15,23,43H,10-13,16-18H2/t23-/m1/s1. The SMILES string of the molecule is O[C@@H](COc1ccc2oc(-c3cccc(C(F)(F)F)c3)nc2c1)CN1CCN(Cc2noc(-c3ccc(C(F)(F)F)cc3)n2)CC1. The molecule has 5 aromatic rings. The molecule has 1 N–H and O–H groups in total. The summed E-state index contributed by atoms with van der Waals surface area (Å²) >= 11 is 0. The molecule has 1 saturated heterocycles. The fourth-order valence-corrected chi connectivity index (χ4v) is 5.06. The average molecular weight is 648 g/mol. The van der Waals surface area contributed by atoms with Crippen LogP contribution in [0.2, 0.25) is 0 Å². The van der Waals surface area contributed by atoms with Crippen LogP contribution in [0.3, 0.4) is 0 Å². The number of β-amino-alcohol motifs (C(OH)–C–C–N with tert-alkyl or cyclic N) is 1. The number of hydrogen-bond donors (Lipinski definition) is 1. The van der Waals surface area contributed by atoms with Crippen molar-refractivity contribution < 1.29 is 45.1 Å². The maximum Gasteiger partial charge on any atom is 0.416 e. The van der Waals surface area contributed by atoms with Crippen LogP contribution in [0.1, 0.15) is 17.0 Å². The van der Waals surface area contributed by atoms with E-state index in [0.717, 1.165) is 24.3 Å². The van der Waals surface area contributed by atoms with Gasteiger partial charge in [0, 0.05) is 49.9 Å². The summed E-state index contributed by atoms with van der Waals surface area (Å²) in [5.41, 5.74) is -0.171. The van der Waals surface area contributed by atoms with Crippen LogP contribution >= 0.6 is 0 Å². The van der Waals surface area contributed by atoms with Crippen molar-refractivity contribution in [2.45, 2.75) is 25.0 Å². The van der Waals surface area contributed by atoms with Crippen molar-refractivity contribution in [3.05, 3.63) is 83.7 Å². The monoisotopic (exact) mass is 647 g/mol. The lowest BCUT2D eigenvalue weighted by atomic mass is 10.1. The molecule has 0 bridgehead atoms. The molecule has 1 atom stereocenters. The number of piperazine rings is 1. The summed E-state index contributed by atoms with van der Waals surface area (Å²) < 4.78 is 94.4. The van der Waals surface area contributed by atoms with E-state index in [1.807, 2.05) is 0 Å². The van der Waals surface area contributed by atoms with Crippen molar-refractivity contribution in [3.8, 4) is 28.7 Å². The summed E-state index contributed by atoms with van der Waals surface area (Å²) in [6.45, 7) is 3.49. The van der Waals surface area contributed by atoms with Crippen LogP contribution in [0.25, 0.3) is 34.0 Å². The van der Waals surface area contributed by atoms with Crippen LogP contribution in [-0.4, -0.2) is 75.5 Å². The molecule has 3 heterocycles. The molecular formula is C31H27F6N5O4. The average Bonchev–Trinajstić information content (AvgIpc) is 3.67. The third-order valence-corrected chi connectivity index (χ3v) is 7.46. The van der Waals surface area contributed by atoms with E-state index in [0.29, 0.717) is 67.5 Å². The Morgan fingerprint density at radius 3 is 2.22 bits per heavy atom. The molecule has 0 amide bonds. The van der Waals surface area contributed by atoms with Gasteiger partial charge in [0.1, 0.15) is 24.0 Å². The first-order valence-electron chi connectivity index (χ1n) is 14.2. The number of hydrogen-bond acceptors (Lipinski definition) is 9. The van der Waals surface area contributed by atoms with Crippen LogP contribution in [0.5, 0.6) is 5.75 Å². The van der Waals surface area contributed by atoms with Crippen LogP contribution in [0.4, 0.5) is 26.3 Å². The largest absolute Gasteiger partial charge is 0.491 e. The Labute approximate surface area is 258 Å². The number of aliphatic hydroxyl groups is 1. The highest BCUT2D eigenvalue weighted by Crippen LogP contribution is 2.34. The quantitative estimate of drug-likeness (QED) is 0.189. The zero-order valence-electron chi connectivity index (χ0n) is 24.1. The first kappa shape index (κ1) is 31.5. The van der Waals surface area contributed by atoms with Gasteiger partial charge in [-0.05, 0) is 54.6 Å². The fourth-order valence-electron chi connectivity index (χ4n) is 5.06. The predicted octanol–water partition coefficient (Wildman–Crippen LogP) is 6.14. The highest BCUT2D eigenvalue weighted by molar-refractivity contribution is 5.77. The number of nitrogens with zero attached hydrogens (tertiary/aromatic N) is 5. The molecule has 1 fully saturated rings. The number of ether oxygens (including phenoxy) is 1. The number of benzene rings is 3.